The predicted octanol–water partition coefficient (Wildman–Crippen LogP) is 3.55. The van der Waals surface area contributed by atoms with Gasteiger partial charge in [-0.1, -0.05) is 29.8 Å². The van der Waals surface area contributed by atoms with Gasteiger partial charge in [0.1, 0.15) is 5.82 Å². The molecule has 0 aliphatic rings. The zero-order valence-electron chi connectivity index (χ0n) is 15.8. The Morgan fingerprint density at radius 3 is 2.32 bits per heavy atom. The van der Waals surface area contributed by atoms with Crippen molar-refractivity contribution in [2.24, 2.45) is 5.10 Å². The molecule has 2 rings (SSSR count). The van der Waals surface area contributed by atoms with Crippen LogP contribution < -0.4 is 4.83 Å². The lowest BCUT2D eigenvalue weighted by Crippen LogP contribution is -2.21. The molecule has 0 heterocycles. The molecule has 150 valence electrons. The number of esters is 1. The fourth-order valence-electron chi connectivity index (χ4n) is 2.43. The summed E-state index contributed by atoms with van der Waals surface area (Å²) in [7, 11) is -3.84. The van der Waals surface area contributed by atoms with E-state index in [9.17, 15) is 17.6 Å². The highest BCUT2D eigenvalue weighted by Crippen LogP contribution is 2.13. The first-order valence-electron chi connectivity index (χ1n) is 8.88. The van der Waals surface area contributed by atoms with Crippen molar-refractivity contribution in [3.8, 4) is 0 Å². The fraction of sp³-hybridized carbons (Fsp3) is 0.300. The van der Waals surface area contributed by atoms with Crippen molar-refractivity contribution in [1.29, 1.82) is 0 Å². The Morgan fingerprint density at radius 2 is 1.71 bits per heavy atom. The number of ether oxygens (including phenoxy) is 1. The Labute approximate surface area is 164 Å². The van der Waals surface area contributed by atoms with E-state index in [0.717, 1.165) is 5.56 Å². The van der Waals surface area contributed by atoms with E-state index >= 15 is 0 Å². The van der Waals surface area contributed by atoms with Crippen LogP contribution in [0.2, 0.25) is 0 Å². The number of halogens is 1. The summed E-state index contributed by atoms with van der Waals surface area (Å²) < 4.78 is 43.0. The van der Waals surface area contributed by atoms with Crippen LogP contribution in [0.5, 0.6) is 0 Å². The smallest absolute Gasteiger partial charge is 0.305 e. The normalized spacial score (nSPS) is 11.9. The number of hydrogen-bond donors (Lipinski definition) is 1. The average Bonchev–Trinajstić information content (AvgIpc) is 2.66. The summed E-state index contributed by atoms with van der Waals surface area (Å²) in [6.07, 6.45) is 0.918. The Bertz CT molecular complexity index is 924. The minimum atomic E-state index is -3.84. The number of rotatable bonds is 9. The van der Waals surface area contributed by atoms with E-state index in [1.165, 1.54) is 36.4 Å². The van der Waals surface area contributed by atoms with Gasteiger partial charge in [-0.2, -0.15) is 18.4 Å². The molecule has 0 radical (unpaired) electrons. The molecule has 0 saturated heterocycles. The van der Waals surface area contributed by atoms with E-state index in [1.54, 1.807) is 19.1 Å². The zero-order valence-corrected chi connectivity index (χ0v) is 16.6. The Balaban J connectivity index is 2.18. The summed E-state index contributed by atoms with van der Waals surface area (Å²) in [6, 6.07) is 11.9. The standard InChI is InChI=1S/C20H23FN2O4S/c1-3-27-20(24)6-4-5-19(16-9-11-17(21)12-10-16)22-23-28(25,26)18-13-7-15(2)8-14-18/h7-14,23H,3-6H2,1-2H3/b22-19-. The second kappa shape index (κ2) is 9.98. The third-order valence-electron chi connectivity index (χ3n) is 3.91. The van der Waals surface area contributed by atoms with Crippen molar-refractivity contribution in [1.82, 2.24) is 4.83 Å². The number of carbonyl (C=O) groups is 1. The van der Waals surface area contributed by atoms with Crippen molar-refractivity contribution in [2.75, 3.05) is 6.61 Å². The van der Waals surface area contributed by atoms with Crippen molar-refractivity contribution in [2.45, 2.75) is 38.0 Å². The van der Waals surface area contributed by atoms with Crippen LogP contribution in [0.1, 0.15) is 37.3 Å². The van der Waals surface area contributed by atoms with Gasteiger partial charge in [0.05, 0.1) is 17.2 Å². The molecule has 6 nitrogen and oxygen atoms in total. The topological polar surface area (TPSA) is 84.8 Å². The molecule has 1 N–H and O–H groups in total. The van der Waals surface area contributed by atoms with Crippen LogP contribution in [0.4, 0.5) is 4.39 Å². The third kappa shape index (κ3) is 6.45. The van der Waals surface area contributed by atoms with Crippen LogP contribution >= 0.6 is 0 Å². The summed E-state index contributed by atoms with van der Waals surface area (Å²) in [5, 5.41) is 4.04. The number of hydrogen-bond acceptors (Lipinski definition) is 5. The first-order chi connectivity index (χ1) is 13.3. The monoisotopic (exact) mass is 406 g/mol. The molecule has 0 amide bonds. The lowest BCUT2D eigenvalue weighted by atomic mass is 10.0. The number of nitrogens with one attached hydrogen (secondary N) is 1. The first kappa shape index (κ1) is 21.6. The molecule has 0 unspecified atom stereocenters. The molecule has 28 heavy (non-hydrogen) atoms. The van der Waals surface area contributed by atoms with Crippen LogP contribution in [-0.2, 0) is 19.6 Å². The maximum Gasteiger partial charge on any atom is 0.305 e. The van der Waals surface area contributed by atoms with Gasteiger partial charge in [-0.05, 0) is 56.5 Å². The van der Waals surface area contributed by atoms with Gasteiger partial charge in [0.2, 0.25) is 0 Å². The molecule has 2 aromatic carbocycles. The van der Waals surface area contributed by atoms with Gasteiger partial charge in [-0.25, -0.2) is 4.39 Å². The summed E-state index contributed by atoms with van der Waals surface area (Å²) >= 11 is 0. The van der Waals surface area contributed by atoms with Crippen LogP contribution in [-0.4, -0.2) is 26.7 Å². The van der Waals surface area contributed by atoms with Gasteiger partial charge >= 0.3 is 5.97 Å². The number of hydrazone groups is 1. The lowest BCUT2D eigenvalue weighted by Gasteiger charge is -2.09. The van der Waals surface area contributed by atoms with Gasteiger partial charge in [0.15, 0.2) is 0 Å². The van der Waals surface area contributed by atoms with Crippen LogP contribution in [0.3, 0.4) is 0 Å². The third-order valence-corrected chi connectivity index (χ3v) is 5.13. The van der Waals surface area contributed by atoms with Gasteiger partial charge < -0.3 is 4.74 Å². The summed E-state index contributed by atoms with van der Waals surface area (Å²) in [5.41, 5.74) is 1.91. The minimum absolute atomic E-state index is 0.0897. The van der Waals surface area contributed by atoms with Crippen molar-refractivity contribution in [3.05, 3.63) is 65.5 Å². The molecular formula is C20H23FN2O4S. The molecule has 0 aliphatic carbocycles. The highest BCUT2D eigenvalue weighted by molar-refractivity contribution is 7.89. The Kier molecular flexibility index (Phi) is 7.69. The second-order valence-corrected chi connectivity index (χ2v) is 7.79. The maximum absolute atomic E-state index is 13.2. The molecule has 0 bridgehead atoms. The second-order valence-electron chi connectivity index (χ2n) is 6.13. The summed E-state index contributed by atoms with van der Waals surface area (Å²) in [6.45, 7) is 3.88. The molecule has 0 aliphatic heterocycles. The van der Waals surface area contributed by atoms with E-state index in [4.69, 9.17) is 4.74 Å². The first-order valence-corrected chi connectivity index (χ1v) is 10.4. The van der Waals surface area contributed by atoms with Crippen molar-refractivity contribution < 1.29 is 22.3 Å². The van der Waals surface area contributed by atoms with Crippen molar-refractivity contribution in [3.63, 3.8) is 0 Å². The zero-order chi connectivity index (χ0) is 20.6. The number of benzene rings is 2. The van der Waals surface area contributed by atoms with E-state index < -0.39 is 15.8 Å². The molecule has 0 aromatic heterocycles. The van der Waals surface area contributed by atoms with Crippen LogP contribution in [0.25, 0.3) is 0 Å². The molecular weight excluding hydrogens is 383 g/mol. The highest BCUT2D eigenvalue weighted by atomic mass is 32.2. The molecule has 0 saturated carbocycles. The average molecular weight is 406 g/mol. The largest absolute Gasteiger partial charge is 0.466 e. The minimum Gasteiger partial charge on any atom is -0.466 e. The van der Waals surface area contributed by atoms with E-state index in [0.29, 0.717) is 30.7 Å². The molecule has 8 heteroatoms. The van der Waals surface area contributed by atoms with E-state index in [2.05, 4.69) is 9.93 Å². The van der Waals surface area contributed by atoms with Crippen LogP contribution in [0, 0.1) is 12.7 Å². The van der Waals surface area contributed by atoms with Gasteiger partial charge in [0, 0.05) is 6.42 Å². The van der Waals surface area contributed by atoms with E-state index in [-0.39, 0.29) is 17.3 Å². The summed E-state index contributed by atoms with van der Waals surface area (Å²) in [4.78, 5) is 13.8. The Hall–Kier alpha value is -2.74. The quantitative estimate of drug-likeness (QED) is 0.392. The van der Waals surface area contributed by atoms with Crippen LogP contribution in [0.15, 0.2) is 58.5 Å². The van der Waals surface area contributed by atoms with Crippen molar-refractivity contribution >= 4 is 21.7 Å². The SMILES string of the molecule is CCOC(=O)CCC/C(=N/NS(=O)(=O)c1ccc(C)cc1)c1ccc(F)cc1. The fourth-order valence-corrected chi connectivity index (χ4v) is 3.26. The molecule has 0 atom stereocenters. The maximum atomic E-state index is 13.2. The number of sulfonamides is 1. The lowest BCUT2D eigenvalue weighted by molar-refractivity contribution is -0.143. The predicted molar refractivity (Wildman–Crippen MR) is 105 cm³/mol. The van der Waals surface area contributed by atoms with E-state index in [1.807, 2.05) is 6.92 Å². The van der Waals surface area contributed by atoms with Gasteiger partial charge in [-0.3, -0.25) is 4.79 Å². The molecule has 0 fully saturated rings. The Morgan fingerprint density at radius 1 is 1.07 bits per heavy atom. The number of aryl methyl sites for hydroxylation is 1. The molecule has 0 spiro atoms. The highest BCUT2D eigenvalue weighted by Gasteiger charge is 2.14. The van der Waals surface area contributed by atoms with Gasteiger partial charge in [0.25, 0.3) is 10.0 Å². The number of nitrogens with zero attached hydrogens (tertiary/aromatic N) is 1. The summed E-state index contributed by atoms with van der Waals surface area (Å²) in [5.74, 6) is -0.740. The number of carbonyl (C=O) groups excluding carboxylic acids is 1. The molecule has 2 aromatic rings. The van der Waals surface area contributed by atoms with Gasteiger partial charge in [-0.15, -0.1) is 0 Å².